The summed E-state index contributed by atoms with van der Waals surface area (Å²) in [5.41, 5.74) is 1.20. The van der Waals surface area contributed by atoms with Gasteiger partial charge in [0.15, 0.2) is 5.96 Å². The molecule has 2 aliphatic heterocycles. The molecule has 1 atom stereocenters. The topological polar surface area (TPSA) is 55.3 Å². The molecular weight excluding hydrogens is 378 g/mol. The van der Waals surface area contributed by atoms with Crippen LogP contribution in [-0.2, 0) is 16.0 Å². The number of likely N-dealkylation sites (tertiary alicyclic amines) is 1. The van der Waals surface area contributed by atoms with Gasteiger partial charge in [-0.1, -0.05) is 25.5 Å². The van der Waals surface area contributed by atoms with Crippen molar-refractivity contribution in [2.45, 2.75) is 70.6 Å². The summed E-state index contributed by atoms with van der Waals surface area (Å²) in [7, 11) is 1.86. The van der Waals surface area contributed by atoms with Gasteiger partial charge in [0.25, 0.3) is 0 Å². The molecular formula is C24H39N3O3. The lowest BCUT2D eigenvalue weighted by Gasteiger charge is -2.35. The summed E-state index contributed by atoms with van der Waals surface area (Å²) in [6, 6.07) is 8.32. The van der Waals surface area contributed by atoms with Crippen LogP contribution in [0.15, 0.2) is 29.3 Å². The number of unbranched alkanes of at least 4 members (excludes halogenated alkanes) is 1. The number of guanidine groups is 1. The highest BCUT2D eigenvalue weighted by Crippen LogP contribution is 2.18. The van der Waals surface area contributed by atoms with Crippen LogP contribution in [0.3, 0.4) is 0 Å². The standard InChI is InChI=1S/C24H39N3O3/c1-3-4-15-28-22-10-7-8-20(17-22)18-26-24(25-2)27-13-11-21(12-14-27)30-19-23-9-5-6-16-29-23/h7-8,10,17,21,23H,3-6,9,11-16,18-19H2,1-2H3,(H,25,26). The summed E-state index contributed by atoms with van der Waals surface area (Å²) < 4.78 is 17.7. The SMILES string of the molecule is CCCCOc1cccc(CNC(=NC)N2CCC(OCC3CCCCO3)CC2)c1. The molecule has 0 radical (unpaired) electrons. The van der Waals surface area contributed by atoms with E-state index in [4.69, 9.17) is 14.2 Å². The van der Waals surface area contributed by atoms with Gasteiger partial charge in [0.1, 0.15) is 5.75 Å². The highest BCUT2D eigenvalue weighted by molar-refractivity contribution is 5.80. The molecule has 0 bridgehead atoms. The van der Waals surface area contributed by atoms with Crippen LogP contribution in [0.5, 0.6) is 5.75 Å². The molecule has 1 aromatic carbocycles. The minimum atomic E-state index is 0.299. The lowest BCUT2D eigenvalue weighted by molar-refractivity contribution is -0.0721. The number of ether oxygens (including phenoxy) is 3. The molecule has 1 unspecified atom stereocenters. The van der Waals surface area contributed by atoms with Gasteiger partial charge in [0.05, 0.1) is 25.4 Å². The Hall–Kier alpha value is -1.79. The Morgan fingerprint density at radius 2 is 2.10 bits per heavy atom. The number of nitrogens with one attached hydrogen (secondary N) is 1. The first kappa shape index (κ1) is 22.9. The Balaban J connectivity index is 1.39. The van der Waals surface area contributed by atoms with Crippen LogP contribution in [0.25, 0.3) is 0 Å². The normalized spacial score (nSPS) is 20.9. The van der Waals surface area contributed by atoms with E-state index in [2.05, 4.69) is 40.3 Å². The van der Waals surface area contributed by atoms with Crippen LogP contribution >= 0.6 is 0 Å². The van der Waals surface area contributed by atoms with E-state index in [-0.39, 0.29) is 0 Å². The molecule has 30 heavy (non-hydrogen) atoms. The molecule has 0 spiro atoms. The van der Waals surface area contributed by atoms with E-state index in [1.165, 1.54) is 18.4 Å². The molecule has 6 nitrogen and oxygen atoms in total. The van der Waals surface area contributed by atoms with Crippen molar-refractivity contribution in [3.63, 3.8) is 0 Å². The zero-order valence-corrected chi connectivity index (χ0v) is 18.8. The third kappa shape index (κ3) is 7.47. The van der Waals surface area contributed by atoms with Crippen LogP contribution in [0, 0.1) is 0 Å². The highest BCUT2D eigenvalue weighted by atomic mass is 16.5. The van der Waals surface area contributed by atoms with Gasteiger partial charge in [-0.2, -0.15) is 0 Å². The minimum Gasteiger partial charge on any atom is -0.494 e. The molecule has 1 N–H and O–H groups in total. The van der Waals surface area contributed by atoms with Crippen LogP contribution in [0.4, 0.5) is 0 Å². The lowest BCUT2D eigenvalue weighted by atomic mass is 10.1. The molecule has 0 aliphatic carbocycles. The number of rotatable bonds is 9. The monoisotopic (exact) mass is 417 g/mol. The van der Waals surface area contributed by atoms with E-state index in [1.807, 2.05) is 13.1 Å². The number of hydrogen-bond donors (Lipinski definition) is 1. The third-order valence-corrected chi connectivity index (χ3v) is 5.86. The zero-order valence-electron chi connectivity index (χ0n) is 18.8. The Labute approximate surface area is 182 Å². The Morgan fingerprint density at radius 3 is 2.83 bits per heavy atom. The summed E-state index contributed by atoms with van der Waals surface area (Å²) in [4.78, 5) is 6.83. The van der Waals surface area contributed by atoms with Crippen molar-refractivity contribution in [1.29, 1.82) is 0 Å². The maximum atomic E-state index is 6.14. The number of nitrogens with zero attached hydrogens (tertiary/aromatic N) is 2. The van der Waals surface area contributed by atoms with E-state index in [1.54, 1.807) is 0 Å². The van der Waals surface area contributed by atoms with Crippen LogP contribution in [0.1, 0.15) is 57.4 Å². The number of aliphatic imine (C=N–C) groups is 1. The molecule has 2 heterocycles. The first-order valence-electron chi connectivity index (χ1n) is 11.7. The van der Waals surface area contributed by atoms with E-state index in [0.29, 0.717) is 12.2 Å². The maximum absolute atomic E-state index is 6.14. The predicted molar refractivity (Wildman–Crippen MR) is 121 cm³/mol. The first-order chi connectivity index (χ1) is 14.8. The van der Waals surface area contributed by atoms with Gasteiger partial charge in [-0.25, -0.2) is 0 Å². The summed E-state index contributed by atoms with van der Waals surface area (Å²) in [6.07, 6.45) is 8.53. The van der Waals surface area contributed by atoms with Gasteiger partial charge in [0.2, 0.25) is 0 Å². The fraction of sp³-hybridized carbons (Fsp3) is 0.708. The van der Waals surface area contributed by atoms with Gasteiger partial charge in [-0.3, -0.25) is 4.99 Å². The minimum absolute atomic E-state index is 0.299. The molecule has 0 aromatic heterocycles. The van der Waals surface area contributed by atoms with Crippen LogP contribution < -0.4 is 10.1 Å². The number of piperidine rings is 1. The summed E-state index contributed by atoms with van der Waals surface area (Å²) in [6.45, 7) is 7.27. The molecule has 6 heteroatoms. The van der Waals surface area contributed by atoms with Crippen LogP contribution in [-0.4, -0.2) is 63.0 Å². The fourth-order valence-electron chi connectivity index (χ4n) is 4.01. The smallest absolute Gasteiger partial charge is 0.193 e. The van der Waals surface area contributed by atoms with E-state index >= 15 is 0 Å². The second-order valence-corrected chi connectivity index (χ2v) is 8.26. The predicted octanol–water partition coefficient (Wildman–Crippen LogP) is 3.99. The maximum Gasteiger partial charge on any atom is 0.193 e. The largest absolute Gasteiger partial charge is 0.494 e. The second kappa shape index (κ2) is 12.8. The lowest BCUT2D eigenvalue weighted by Crippen LogP contribution is -2.47. The second-order valence-electron chi connectivity index (χ2n) is 8.26. The average Bonchev–Trinajstić information content (AvgIpc) is 2.80. The third-order valence-electron chi connectivity index (χ3n) is 5.86. The van der Waals surface area contributed by atoms with Gasteiger partial charge in [-0.15, -0.1) is 0 Å². The molecule has 2 fully saturated rings. The van der Waals surface area contributed by atoms with Gasteiger partial charge >= 0.3 is 0 Å². The fourth-order valence-corrected chi connectivity index (χ4v) is 4.01. The molecule has 168 valence electrons. The number of benzene rings is 1. The molecule has 1 aromatic rings. The Kier molecular flexibility index (Phi) is 9.77. The zero-order chi connectivity index (χ0) is 21.0. The van der Waals surface area contributed by atoms with Crippen molar-refractivity contribution >= 4 is 5.96 Å². The molecule has 0 amide bonds. The van der Waals surface area contributed by atoms with Crippen molar-refractivity contribution in [3.05, 3.63) is 29.8 Å². The van der Waals surface area contributed by atoms with Crippen molar-refractivity contribution in [1.82, 2.24) is 10.2 Å². The molecule has 3 rings (SSSR count). The molecule has 2 aliphatic rings. The van der Waals surface area contributed by atoms with Crippen molar-refractivity contribution in [2.24, 2.45) is 4.99 Å². The Bertz CT molecular complexity index is 638. The van der Waals surface area contributed by atoms with Gasteiger partial charge in [-0.05, 0) is 56.2 Å². The summed E-state index contributed by atoms with van der Waals surface area (Å²) >= 11 is 0. The highest BCUT2D eigenvalue weighted by Gasteiger charge is 2.23. The van der Waals surface area contributed by atoms with Crippen molar-refractivity contribution < 1.29 is 14.2 Å². The molecule has 0 saturated carbocycles. The van der Waals surface area contributed by atoms with Gasteiger partial charge < -0.3 is 24.4 Å². The summed E-state index contributed by atoms with van der Waals surface area (Å²) in [5, 5.41) is 3.51. The quantitative estimate of drug-likeness (QED) is 0.374. The van der Waals surface area contributed by atoms with Crippen LogP contribution in [0.2, 0.25) is 0 Å². The van der Waals surface area contributed by atoms with Crippen molar-refractivity contribution in [2.75, 3.05) is 40.0 Å². The summed E-state index contributed by atoms with van der Waals surface area (Å²) in [5.74, 6) is 1.90. The first-order valence-corrected chi connectivity index (χ1v) is 11.7. The Morgan fingerprint density at radius 1 is 1.23 bits per heavy atom. The van der Waals surface area contributed by atoms with E-state index < -0.39 is 0 Å². The average molecular weight is 418 g/mol. The van der Waals surface area contributed by atoms with E-state index in [0.717, 1.165) is 83.3 Å². The van der Waals surface area contributed by atoms with E-state index in [9.17, 15) is 0 Å². The molecule has 2 saturated heterocycles. The number of hydrogen-bond acceptors (Lipinski definition) is 4. The van der Waals surface area contributed by atoms with Gasteiger partial charge in [0, 0.05) is 33.3 Å². The van der Waals surface area contributed by atoms with Crippen molar-refractivity contribution in [3.8, 4) is 5.75 Å².